The highest BCUT2D eigenvalue weighted by Crippen LogP contribution is 2.37. The first kappa shape index (κ1) is 27.2. The minimum atomic E-state index is -2.90. The molecule has 0 aliphatic heterocycles. The van der Waals surface area contributed by atoms with E-state index in [1.165, 1.54) is 0 Å². The molecule has 1 unspecified atom stereocenters. The third-order valence-electron chi connectivity index (χ3n) is 6.41. The highest BCUT2D eigenvalue weighted by atomic mass is 28.4. The van der Waals surface area contributed by atoms with E-state index in [-0.39, 0.29) is 18.3 Å². The molecule has 3 rings (SSSR count). The van der Waals surface area contributed by atoms with Gasteiger partial charge in [0.25, 0.3) is 8.32 Å². The lowest BCUT2D eigenvalue weighted by molar-refractivity contribution is -0.142. The SMILES string of the molecule is CC(C(=O)O)[C@@H](CO[Si](c1ccccc1)(c1ccccc1)C(C)(C)C)NC(=O)OCc1ccccc1. The van der Waals surface area contributed by atoms with Crippen LogP contribution in [0, 0.1) is 5.92 Å². The Morgan fingerprint density at radius 3 is 1.78 bits per heavy atom. The smallest absolute Gasteiger partial charge is 0.407 e. The van der Waals surface area contributed by atoms with E-state index in [4.69, 9.17) is 9.16 Å². The molecule has 0 spiro atoms. The standard InChI is InChI=1S/C29H35NO5Si/c1-22(27(31)32)26(30-28(33)34-20-23-14-8-5-9-15-23)21-35-36(29(2,3)4,24-16-10-6-11-17-24)25-18-12-7-13-19-25/h5-19,22,26H,20-21H2,1-4H3,(H,30,33)(H,31,32)/t22?,26-/m1/s1. The van der Waals surface area contributed by atoms with Gasteiger partial charge >= 0.3 is 12.1 Å². The average molecular weight is 506 g/mol. The molecular formula is C29H35NO5Si. The van der Waals surface area contributed by atoms with Crippen LogP contribution in [-0.2, 0) is 20.6 Å². The van der Waals surface area contributed by atoms with Crippen molar-refractivity contribution in [3.05, 3.63) is 96.6 Å². The molecule has 6 nitrogen and oxygen atoms in total. The molecule has 0 saturated heterocycles. The first-order chi connectivity index (χ1) is 17.1. The number of hydrogen-bond acceptors (Lipinski definition) is 4. The van der Waals surface area contributed by atoms with Crippen molar-refractivity contribution in [1.82, 2.24) is 5.32 Å². The summed E-state index contributed by atoms with van der Waals surface area (Å²) in [5.41, 5.74) is 0.846. The molecule has 7 heteroatoms. The minimum absolute atomic E-state index is 0.0290. The molecule has 0 aromatic heterocycles. The predicted molar refractivity (Wildman–Crippen MR) is 144 cm³/mol. The topological polar surface area (TPSA) is 84.9 Å². The van der Waals surface area contributed by atoms with E-state index >= 15 is 0 Å². The average Bonchev–Trinajstić information content (AvgIpc) is 2.87. The number of benzene rings is 3. The summed E-state index contributed by atoms with van der Waals surface area (Å²) < 4.78 is 12.2. The fourth-order valence-electron chi connectivity index (χ4n) is 4.38. The molecule has 3 aromatic carbocycles. The summed E-state index contributed by atoms with van der Waals surface area (Å²) in [6.07, 6.45) is -0.678. The molecule has 36 heavy (non-hydrogen) atoms. The van der Waals surface area contributed by atoms with Gasteiger partial charge in [-0.15, -0.1) is 0 Å². The van der Waals surface area contributed by atoms with Gasteiger partial charge in [0.15, 0.2) is 0 Å². The number of hydrogen-bond donors (Lipinski definition) is 2. The Bertz CT molecular complexity index is 1080. The van der Waals surface area contributed by atoms with Crippen molar-refractivity contribution in [3.8, 4) is 0 Å². The molecule has 3 aromatic rings. The van der Waals surface area contributed by atoms with Crippen molar-refractivity contribution in [3.63, 3.8) is 0 Å². The Morgan fingerprint density at radius 2 is 1.33 bits per heavy atom. The maximum absolute atomic E-state index is 12.6. The van der Waals surface area contributed by atoms with E-state index in [1.807, 2.05) is 66.7 Å². The van der Waals surface area contributed by atoms with Crippen LogP contribution in [0.3, 0.4) is 0 Å². The molecule has 1 amide bonds. The zero-order valence-electron chi connectivity index (χ0n) is 21.3. The molecule has 2 N–H and O–H groups in total. The lowest BCUT2D eigenvalue weighted by Crippen LogP contribution is -2.67. The number of ether oxygens (including phenoxy) is 1. The number of amides is 1. The molecule has 190 valence electrons. The van der Waals surface area contributed by atoms with Crippen molar-refractivity contribution >= 4 is 30.8 Å². The fraction of sp³-hybridized carbons (Fsp3) is 0.310. The Morgan fingerprint density at radius 1 is 0.861 bits per heavy atom. The summed E-state index contributed by atoms with van der Waals surface area (Å²) in [5, 5.41) is 14.4. The van der Waals surface area contributed by atoms with Gasteiger partial charge in [-0.1, -0.05) is 112 Å². The summed E-state index contributed by atoms with van der Waals surface area (Å²) in [6.45, 7) is 8.14. The van der Waals surface area contributed by atoms with Crippen molar-refractivity contribution in [2.24, 2.45) is 5.92 Å². The molecule has 0 heterocycles. The fourth-order valence-corrected chi connectivity index (χ4v) is 8.96. The zero-order chi connectivity index (χ0) is 26.2. The molecule has 0 radical (unpaired) electrons. The van der Waals surface area contributed by atoms with Crippen molar-refractivity contribution < 1.29 is 23.9 Å². The van der Waals surface area contributed by atoms with Crippen molar-refractivity contribution in [2.45, 2.75) is 45.4 Å². The largest absolute Gasteiger partial charge is 0.481 e. The quantitative estimate of drug-likeness (QED) is 0.394. The van der Waals surface area contributed by atoms with Gasteiger partial charge in [0.05, 0.1) is 18.6 Å². The second kappa shape index (κ2) is 12.0. The van der Waals surface area contributed by atoms with E-state index in [9.17, 15) is 14.7 Å². The number of carbonyl (C=O) groups is 2. The highest BCUT2D eigenvalue weighted by Gasteiger charge is 2.50. The normalized spacial score (nSPS) is 13.4. The first-order valence-corrected chi connectivity index (χ1v) is 14.0. The van der Waals surface area contributed by atoms with Gasteiger partial charge in [-0.2, -0.15) is 0 Å². The van der Waals surface area contributed by atoms with Gasteiger partial charge in [-0.25, -0.2) is 4.79 Å². The summed E-state index contributed by atoms with van der Waals surface area (Å²) in [5.74, 6) is -1.90. The van der Waals surface area contributed by atoms with Gasteiger partial charge in [-0.05, 0) is 27.9 Å². The van der Waals surface area contributed by atoms with E-state index in [0.29, 0.717) is 0 Å². The zero-order valence-corrected chi connectivity index (χ0v) is 22.3. The van der Waals surface area contributed by atoms with Gasteiger partial charge in [-0.3, -0.25) is 4.79 Å². The maximum Gasteiger partial charge on any atom is 0.407 e. The molecular weight excluding hydrogens is 470 g/mol. The van der Waals surface area contributed by atoms with Crippen molar-refractivity contribution in [1.29, 1.82) is 0 Å². The van der Waals surface area contributed by atoms with Crippen LogP contribution in [0.15, 0.2) is 91.0 Å². The second-order valence-corrected chi connectivity index (χ2v) is 14.2. The lowest BCUT2D eigenvalue weighted by Gasteiger charge is -2.44. The number of carboxylic acids is 1. The van der Waals surface area contributed by atoms with E-state index in [1.54, 1.807) is 6.92 Å². The Kier molecular flexibility index (Phi) is 9.07. The maximum atomic E-state index is 12.6. The van der Waals surface area contributed by atoms with Crippen LogP contribution in [0.2, 0.25) is 5.04 Å². The predicted octanol–water partition coefficient (Wildman–Crippen LogP) is 4.58. The van der Waals surface area contributed by atoms with E-state index < -0.39 is 32.3 Å². The molecule has 0 fully saturated rings. The molecule has 0 aliphatic carbocycles. The number of rotatable bonds is 10. The van der Waals surface area contributed by atoms with Gasteiger partial charge < -0.3 is 19.6 Å². The van der Waals surface area contributed by atoms with Crippen LogP contribution < -0.4 is 15.7 Å². The number of alkyl carbamates (subject to hydrolysis) is 1. The second-order valence-electron chi connectivity index (χ2n) is 9.91. The number of aliphatic carboxylic acids is 1. The Balaban J connectivity index is 1.89. The lowest BCUT2D eigenvalue weighted by atomic mass is 10.0. The monoisotopic (exact) mass is 505 g/mol. The molecule has 2 atom stereocenters. The number of nitrogens with one attached hydrogen (secondary N) is 1. The van der Waals surface area contributed by atoms with Crippen LogP contribution in [0.4, 0.5) is 4.79 Å². The number of carbonyl (C=O) groups excluding carboxylic acids is 1. The summed E-state index contributed by atoms with van der Waals surface area (Å²) >= 11 is 0. The summed E-state index contributed by atoms with van der Waals surface area (Å²) in [4.78, 5) is 24.6. The van der Waals surface area contributed by atoms with Crippen LogP contribution >= 0.6 is 0 Å². The van der Waals surface area contributed by atoms with E-state index in [2.05, 4.69) is 50.4 Å². The van der Waals surface area contributed by atoms with Gasteiger partial charge in [0.2, 0.25) is 0 Å². The van der Waals surface area contributed by atoms with Crippen LogP contribution in [0.1, 0.15) is 33.3 Å². The third kappa shape index (κ3) is 6.41. The third-order valence-corrected chi connectivity index (χ3v) is 11.4. The minimum Gasteiger partial charge on any atom is -0.481 e. The van der Waals surface area contributed by atoms with Crippen molar-refractivity contribution in [2.75, 3.05) is 6.61 Å². The summed E-state index contributed by atoms with van der Waals surface area (Å²) in [7, 11) is -2.90. The highest BCUT2D eigenvalue weighted by molar-refractivity contribution is 6.99. The Labute approximate surface area is 214 Å². The van der Waals surface area contributed by atoms with E-state index in [0.717, 1.165) is 15.9 Å². The summed E-state index contributed by atoms with van der Waals surface area (Å²) in [6, 6.07) is 28.7. The van der Waals surface area contributed by atoms with Gasteiger partial charge in [0.1, 0.15) is 6.61 Å². The number of carboxylic acid groups (broad SMARTS) is 1. The van der Waals surface area contributed by atoms with Gasteiger partial charge in [0, 0.05) is 0 Å². The van der Waals surface area contributed by atoms with Crippen LogP contribution in [0.25, 0.3) is 0 Å². The molecule has 0 aliphatic rings. The first-order valence-electron chi connectivity index (χ1n) is 12.1. The Hall–Kier alpha value is -3.42. The van der Waals surface area contributed by atoms with Crippen LogP contribution in [0.5, 0.6) is 0 Å². The molecule has 0 saturated carbocycles. The molecule has 0 bridgehead atoms. The van der Waals surface area contributed by atoms with Crippen LogP contribution in [-0.4, -0.2) is 38.1 Å².